The van der Waals surface area contributed by atoms with E-state index in [0.29, 0.717) is 190 Å². The minimum Gasteiger partial charge on any atom is -0.504 e. The van der Waals surface area contributed by atoms with E-state index in [1.807, 2.05) is 34.6 Å². The van der Waals surface area contributed by atoms with E-state index in [1.54, 1.807) is 73.5 Å². The Kier molecular flexibility index (Phi) is 45.9. The number of ether oxygens (including phenoxy) is 2. The van der Waals surface area contributed by atoms with Crippen LogP contribution in [0.4, 0.5) is 32.3 Å². The number of carbonyl (C=O) groups is 13. The van der Waals surface area contributed by atoms with E-state index >= 15 is 0 Å². The molecule has 47 heteroatoms. The Hall–Kier alpha value is -14.5. The number of nitro benzene ring substituents is 4. The van der Waals surface area contributed by atoms with Crippen LogP contribution in [0.3, 0.4) is 0 Å². The normalized spacial score (nSPS) is 12.9. The number of nitrogens with two attached hydrogens (primary N) is 2. The molecule has 141 heavy (non-hydrogen) atoms. The summed E-state index contributed by atoms with van der Waals surface area (Å²) in [6.45, 7) is 19.1. The third kappa shape index (κ3) is 36.7. The Morgan fingerprint density at radius 3 is 1.03 bits per heavy atom. The molecule has 0 spiro atoms. The molecule has 6 aromatic rings. The van der Waals surface area contributed by atoms with Crippen LogP contribution in [0.5, 0.6) is 46.0 Å². The summed E-state index contributed by atoms with van der Waals surface area (Å²) in [5.74, 6) is -9.08. The van der Waals surface area contributed by atoms with Crippen molar-refractivity contribution in [3.63, 3.8) is 0 Å². The third-order valence-corrected chi connectivity index (χ3v) is 23.4. The lowest BCUT2D eigenvalue weighted by atomic mass is 10.0. The van der Waals surface area contributed by atoms with E-state index in [1.165, 1.54) is 65.6 Å². The van der Waals surface area contributed by atoms with Gasteiger partial charge in [0.15, 0.2) is 23.0 Å². The largest absolute Gasteiger partial charge is 0.504 e. The van der Waals surface area contributed by atoms with Gasteiger partial charge in [0, 0.05) is 162 Å². The molecular weight excluding hydrogens is 1890 g/mol. The maximum Gasteiger partial charge on any atom is 0.322 e. The Balaban J connectivity index is 0.000000333. The summed E-state index contributed by atoms with van der Waals surface area (Å²) in [7, 11) is 6.74. The van der Waals surface area contributed by atoms with Gasteiger partial charge in [0.25, 0.3) is 34.1 Å². The van der Waals surface area contributed by atoms with Crippen molar-refractivity contribution < 1.29 is 132 Å². The molecule has 2 aliphatic rings. The van der Waals surface area contributed by atoms with Crippen LogP contribution in [0.1, 0.15) is 216 Å². The molecule has 0 aromatic heterocycles. The zero-order chi connectivity index (χ0) is 106. The fourth-order valence-electron chi connectivity index (χ4n) is 14.1. The number of hydrogen-bond acceptors (Lipinski definition) is 34. The van der Waals surface area contributed by atoms with Crippen molar-refractivity contribution in [2.24, 2.45) is 11.5 Å². The van der Waals surface area contributed by atoms with Gasteiger partial charge in [-0.2, -0.15) is 0 Å². The zero-order valence-corrected chi connectivity index (χ0v) is 82.4. The molecular formula is C94H124N14O31S2. The monoisotopic (exact) mass is 2010 g/mol. The van der Waals surface area contributed by atoms with Crippen LogP contribution in [0.15, 0.2) is 82.6 Å². The third-order valence-electron chi connectivity index (χ3n) is 21.6. The molecule has 11 amide bonds. The lowest BCUT2D eigenvalue weighted by molar-refractivity contribution is -0.386. The van der Waals surface area contributed by atoms with Gasteiger partial charge in [-0.25, -0.2) is 0 Å². The van der Waals surface area contributed by atoms with Gasteiger partial charge >= 0.3 is 34.7 Å². The van der Waals surface area contributed by atoms with Crippen molar-refractivity contribution in [3.8, 4) is 46.0 Å². The number of benzene rings is 6. The second-order valence-corrected chi connectivity index (χ2v) is 36.9. The van der Waals surface area contributed by atoms with Crippen LogP contribution >= 0.6 is 23.5 Å². The molecule has 0 aliphatic carbocycles. The van der Waals surface area contributed by atoms with Crippen molar-refractivity contribution in [2.45, 2.75) is 195 Å². The number of aromatic hydroxyl groups is 8. The Morgan fingerprint density at radius 1 is 0.404 bits per heavy atom. The lowest BCUT2D eigenvalue weighted by Crippen LogP contribution is -2.33. The lowest BCUT2D eigenvalue weighted by Gasteiger charge is -2.22. The molecule has 2 saturated heterocycles. The summed E-state index contributed by atoms with van der Waals surface area (Å²) >= 11 is 1.33. The minimum atomic E-state index is -0.890. The number of carbonyl (C=O) groups excluding carboxylic acids is 13. The van der Waals surface area contributed by atoms with Crippen molar-refractivity contribution in [1.82, 2.24) is 39.2 Å². The van der Waals surface area contributed by atoms with Crippen LogP contribution in [0.25, 0.3) is 33.7 Å². The Labute approximate surface area is 821 Å². The average Bonchev–Trinajstić information content (AvgIpc) is 1.53. The van der Waals surface area contributed by atoms with Gasteiger partial charge in [-0.1, -0.05) is 0 Å². The van der Waals surface area contributed by atoms with Crippen molar-refractivity contribution >= 4 is 156 Å². The van der Waals surface area contributed by atoms with Crippen LogP contribution in [0, 0.1) is 40.5 Å². The molecule has 0 unspecified atom stereocenters. The summed E-state index contributed by atoms with van der Waals surface area (Å²) in [6.07, 6.45) is 11.8. The van der Waals surface area contributed by atoms with Crippen LogP contribution in [-0.4, -0.2) is 287 Å². The SMILES string of the molecule is CCN(CCCCN(C)C(=O)CCCCC(=O)OC(C)(C)C)C(=O)c1ccc2c([N+](=O)[O-])c(O)c(O)cc2c1.CCN(CCCCN(C)C(=O)CCCN)C(=O)c1ccc2c([N+](=O)[O-])c(O)c(O)cc2c1.CN(CCCCN1C(=O)S/C(=C\c2cc(O)c(O)c([N+](=O)[O-])c2)C1=O)C(=O)CCC(N)=O.CN(CCCCN1C(=O)S/C(=C\c2cc(O)c(O)c([N+](=O)[O-])c2)C1=O)C(=O)CCCCC(=O)OC(C)(C)C. The molecule has 0 atom stereocenters. The van der Waals surface area contributed by atoms with E-state index in [2.05, 4.69) is 0 Å². The van der Waals surface area contributed by atoms with Gasteiger partial charge in [-0.05, 0) is 264 Å². The number of phenolic OH excluding ortho intramolecular Hbond substituents is 8. The molecule has 2 aliphatic heterocycles. The summed E-state index contributed by atoms with van der Waals surface area (Å²) in [4.78, 5) is 212. The van der Waals surface area contributed by atoms with Gasteiger partial charge < -0.3 is 91.2 Å². The molecule has 8 rings (SSSR count). The quantitative estimate of drug-likeness (QED) is 0.00424. The highest BCUT2D eigenvalue weighted by Crippen LogP contribution is 2.45. The zero-order valence-electron chi connectivity index (χ0n) is 80.8. The number of phenols is 8. The molecule has 768 valence electrons. The van der Waals surface area contributed by atoms with Crippen LogP contribution < -0.4 is 11.5 Å². The first kappa shape index (κ1) is 117. The van der Waals surface area contributed by atoms with Gasteiger partial charge in [-0.3, -0.25) is 113 Å². The summed E-state index contributed by atoms with van der Waals surface area (Å²) < 4.78 is 10.5. The topological polar surface area (TPSA) is 653 Å². The van der Waals surface area contributed by atoms with E-state index < -0.39 is 128 Å². The number of nitro groups is 4. The smallest absolute Gasteiger partial charge is 0.322 e. The molecule has 6 aromatic carbocycles. The van der Waals surface area contributed by atoms with Crippen molar-refractivity contribution in [1.29, 1.82) is 0 Å². The van der Waals surface area contributed by atoms with E-state index in [-0.39, 0.29) is 129 Å². The first-order valence-corrected chi connectivity index (χ1v) is 46.9. The van der Waals surface area contributed by atoms with Gasteiger partial charge in [-0.15, -0.1) is 0 Å². The second kappa shape index (κ2) is 55.3. The van der Waals surface area contributed by atoms with E-state index in [9.17, 15) is 144 Å². The fraction of sp³-hybridized carbons (Fsp3) is 0.479. The minimum absolute atomic E-state index is 0.00200. The number of imide groups is 2. The first-order chi connectivity index (χ1) is 66.1. The number of rotatable bonds is 46. The maximum atomic E-state index is 13.1. The Bertz CT molecular complexity index is 5680. The van der Waals surface area contributed by atoms with Gasteiger partial charge in [0.1, 0.15) is 11.2 Å². The number of primary amides is 1. The highest BCUT2D eigenvalue weighted by atomic mass is 32.2. The molecule has 2 fully saturated rings. The molecule has 0 bridgehead atoms. The summed E-state index contributed by atoms with van der Waals surface area (Å²) in [6, 6.07) is 15.1. The first-order valence-electron chi connectivity index (χ1n) is 45.3. The molecule has 0 saturated carbocycles. The molecule has 12 N–H and O–H groups in total. The highest BCUT2D eigenvalue weighted by Gasteiger charge is 2.38. The average molecular weight is 2010 g/mol. The number of esters is 2. The number of amides is 11. The summed E-state index contributed by atoms with van der Waals surface area (Å²) in [5, 5.41) is 122. The predicted molar refractivity (Wildman–Crippen MR) is 522 cm³/mol. The number of unbranched alkanes of at least 4 members (excludes halogenated alkanes) is 6. The maximum absolute atomic E-state index is 13.1. The standard InChI is InChI=1S/C28H39N3O8.C25H33N3O9S.C22H30N4O6.C19H22N4O8S/c1-6-30(16-10-9-15-29(5)23(33)11-7-8-12-24(34)39-28(2,3)4)27(36)19-13-14-21-20(17-19)18-22(32)26(35)25(21)31(37)38;1-25(2,3)37-21(31)10-6-5-9-20(30)26(4)11-7-8-12-27-23(33)19(38-24(27)34)15-16-13-17(28(35)36)22(32)18(29)14-16;1-3-25(12-5-4-11-24(2)19(28)7-6-10-23)22(30)15-8-9-17-16(13-15)14-18(27)21(29)20(17)26(31)32;1-21(16(26)5-4-15(20)25)6-2-3-7-22-18(28)14(32-19(22)29)10-11-8-12(23(30)31)17(27)13(24)9-11/h13-14,17-18,32,35H,6-12,15-16H2,1-5H3;13-15,29,32H,5-12H2,1-4H3;8-9,13-14,27,29H,3-7,10-12,23H2,1-2H3;8-10,24,27H,2-7H2,1H3,(H2,20,25)/b;19-15-;;14-10-. The molecule has 0 radical (unpaired) electrons. The Morgan fingerprint density at radius 2 is 0.716 bits per heavy atom. The van der Waals surface area contributed by atoms with Crippen LogP contribution in [-0.2, 0) is 52.6 Å². The highest BCUT2D eigenvalue weighted by molar-refractivity contribution is 8.18. The van der Waals surface area contributed by atoms with Gasteiger partial charge in [0.2, 0.25) is 52.5 Å². The summed E-state index contributed by atoms with van der Waals surface area (Å²) in [5.41, 5.74) is 7.52. The second-order valence-electron chi connectivity index (χ2n) is 34.9. The molecule has 45 nitrogen and oxygen atoms in total. The van der Waals surface area contributed by atoms with E-state index in [4.69, 9.17) is 20.9 Å². The van der Waals surface area contributed by atoms with Crippen LogP contribution in [0.2, 0.25) is 0 Å². The number of fused-ring (bicyclic) bond motifs is 2. The number of nitrogens with zero attached hydrogens (tertiary/aromatic N) is 12. The van der Waals surface area contributed by atoms with Crippen molar-refractivity contribution in [3.05, 3.63) is 145 Å². The fourth-order valence-corrected chi connectivity index (χ4v) is 15.8. The number of thioether (sulfide) groups is 2. The predicted octanol–water partition coefficient (Wildman–Crippen LogP) is 13.1. The van der Waals surface area contributed by atoms with Gasteiger partial charge in [0.05, 0.1) is 40.3 Å². The van der Waals surface area contributed by atoms with Crippen molar-refractivity contribution in [2.75, 3.05) is 100 Å². The number of hydrogen-bond donors (Lipinski definition) is 10. The van der Waals surface area contributed by atoms with E-state index in [0.717, 1.165) is 40.5 Å². The molecule has 2 heterocycles.